The minimum Gasteiger partial charge on any atom is -0.488 e. The van der Waals surface area contributed by atoms with Gasteiger partial charge in [-0.2, -0.15) is 0 Å². The number of aliphatic carboxylic acids is 1. The molecule has 1 aromatic heterocycles. The van der Waals surface area contributed by atoms with Gasteiger partial charge in [0.15, 0.2) is 0 Å². The highest BCUT2D eigenvalue weighted by Crippen LogP contribution is 2.58. The number of rotatable bonds is 7. The third kappa shape index (κ3) is 4.96. The Morgan fingerprint density at radius 1 is 1.10 bits per heavy atom. The zero-order valence-corrected chi connectivity index (χ0v) is 24.8. The van der Waals surface area contributed by atoms with Crippen molar-refractivity contribution < 1.29 is 19.4 Å². The second-order valence-electron chi connectivity index (χ2n) is 12.7. The van der Waals surface area contributed by atoms with Crippen molar-refractivity contribution in [1.29, 1.82) is 0 Å². The van der Waals surface area contributed by atoms with Gasteiger partial charge >= 0.3 is 5.97 Å². The Labute approximate surface area is 248 Å². The van der Waals surface area contributed by atoms with Crippen molar-refractivity contribution in [3.05, 3.63) is 76.3 Å². The van der Waals surface area contributed by atoms with Crippen LogP contribution in [0, 0.1) is 25.2 Å². The maximum Gasteiger partial charge on any atom is 0.310 e. The molecule has 42 heavy (non-hydrogen) atoms. The van der Waals surface area contributed by atoms with Crippen LogP contribution in [0.2, 0.25) is 0 Å². The lowest BCUT2D eigenvalue weighted by molar-refractivity contribution is -0.144. The standard InChI is InChI=1S/C35H41N3O4/c1-23-5-3-6-30(31-7-4-8-32(36-31)38-16-14-35(34(39)40)19-27(35)21-38)33(23)42-22-26-10-9-25-20-37(15-11-29(25)24(26)2)28-12-17-41-18-13-28/h3-10,27-28H,11-22H2,1-2H3,(H,39,40)/t27-,35+/m0/s1. The highest BCUT2D eigenvalue weighted by Gasteiger charge is 2.62. The molecular formula is C35H41N3O4. The summed E-state index contributed by atoms with van der Waals surface area (Å²) in [6, 6.07) is 17.6. The molecule has 7 heteroatoms. The van der Waals surface area contributed by atoms with Crippen molar-refractivity contribution >= 4 is 11.8 Å². The van der Waals surface area contributed by atoms with Gasteiger partial charge in [-0.1, -0.05) is 30.3 Å². The molecule has 3 aliphatic heterocycles. The fourth-order valence-electron chi connectivity index (χ4n) is 7.57. The van der Waals surface area contributed by atoms with E-state index < -0.39 is 11.4 Å². The lowest BCUT2D eigenvalue weighted by Gasteiger charge is -2.38. The summed E-state index contributed by atoms with van der Waals surface area (Å²) < 4.78 is 12.2. The third-order valence-electron chi connectivity index (χ3n) is 10.4. The van der Waals surface area contributed by atoms with Crippen LogP contribution in [-0.2, 0) is 29.1 Å². The van der Waals surface area contributed by atoms with Crippen molar-refractivity contribution in [3.8, 4) is 17.0 Å². The second-order valence-corrected chi connectivity index (χ2v) is 12.7. The molecule has 1 aliphatic carbocycles. The number of pyridine rings is 1. The molecule has 0 amide bonds. The molecule has 7 nitrogen and oxygen atoms in total. The number of hydrogen-bond donors (Lipinski definition) is 1. The molecule has 2 atom stereocenters. The lowest BCUT2D eigenvalue weighted by atomic mass is 9.90. The van der Waals surface area contributed by atoms with Crippen LogP contribution in [-0.4, -0.2) is 59.8 Å². The predicted octanol–water partition coefficient (Wildman–Crippen LogP) is 5.78. The van der Waals surface area contributed by atoms with Crippen LogP contribution in [0.1, 0.15) is 53.5 Å². The molecular weight excluding hydrogens is 526 g/mol. The first kappa shape index (κ1) is 27.4. The molecule has 2 saturated heterocycles. The Kier molecular flexibility index (Phi) is 7.19. The van der Waals surface area contributed by atoms with Gasteiger partial charge in [0.1, 0.15) is 18.2 Å². The van der Waals surface area contributed by atoms with Gasteiger partial charge < -0.3 is 19.5 Å². The van der Waals surface area contributed by atoms with E-state index in [1.54, 1.807) is 0 Å². The molecule has 1 saturated carbocycles. The average molecular weight is 568 g/mol. The number of anilines is 1. The van der Waals surface area contributed by atoms with Crippen LogP contribution in [0.5, 0.6) is 5.75 Å². The summed E-state index contributed by atoms with van der Waals surface area (Å²) in [4.78, 5) is 21.7. The number of carbonyl (C=O) groups is 1. The van der Waals surface area contributed by atoms with Gasteiger partial charge in [0.2, 0.25) is 0 Å². The van der Waals surface area contributed by atoms with Crippen LogP contribution in [0.25, 0.3) is 11.3 Å². The molecule has 3 fully saturated rings. The highest BCUT2D eigenvalue weighted by molar-refractivity contribution is 5.79. The molecule has 0 radical (unpaired) electrons. The van der Waals surface area contributed by atoms with Crippen LogP contribution in [0.4, 0.5) is 5.82 Å². The average Bonchev–Trinajstić information content (AvgIpc) is 3.77. The monoisotopic (exact) mass is 567 g/mol. The van der Waals surface area contributed by atoms with Crippen LogP contribution >= 0.6 is 0 Å². The van der Waals surface area contributed by atoms with Crippen molar-refractivity contribution in [3.63, 3.8) is 0 Å². The zero-order chi connectivity index (χ0) is 28.8. The van der Waals surface area contributed by atoms with Gasteiger partial charge in [0.25, 0.3) is 0 Å². The van der Waals surface area contributed by atoms with Crippen LogP contribution in [0.3, 0.4) is 0 Å². The molecule has 0 spiro atoms. The van der Waals surface area contributed by atoms with Crippen molar-refractivity contribution in [1.82, 2.24) is 9.88 Å². The number of nitrogens with zero attached hydrogens (tertiary/aromatic N) is 3. The number of fused-ring (bicyclic) bond motifs is 2. The quantitative estimate of drug-likeness (QED) is 0.388. The van der Waals surface area contributed by atoms with E-state index in [4.69, 9.17) is 14.5 Å². The molecule has 0 unspecified atom stereocenters. The maximum atomic E-state index is 11.7. The molecule has 4 heterocycles. The minimum atomic E-state index is -0.637. The molecule has 4 aliphatic rings. The first-order valence-electron chi connectivity index (χ1n) is 15.5. The second kappa shape index (κ2) is 11.0. The number of piperidine rings is 1. The Balaban J connectivity index is 1.07. The minimum absolute atomic E-state index is 0.219. The number of aryl methyl sites for hydroxylation is 1. The number of carboxylic acid groups (broad SMARTS) is 1. The van der Waals surface area contributed by atoms with E-state index in [0.29, 0.717) is 19.1 Å². The zero-order valence-electron chi connectivity index (χ0n) is 24.8. The Morgan fingerprint density at radius 3 is 2.74 bits per heavy atom. The number of carboxylic acids is 1. The smallest absolute Gasteiger partial charge is 0.310 e. The summed E-state index contributed by atoms with van der Waals surface area (Å²) in [6.45, 7) is 10.3. The maximum absolute atomic E-state index is 11.7. The fraction of sp³-hybridized carbons (Fsp3) is 0.486. The van der Waals surface area contributed by atoms with E-state index >= 15 is 0 Å². The van der Waals surface area contributed by atoms with Crippen molar-refractivity contribution in [2.24, 2.45) is 11.3 Å². The van der Waals surface area contributed by atoms with Gasteiger partial charge in [-0.25, -0.2) is 4.98 Å². The number of ether oxygens (including phenoxy) is 2. The van der Waals surface area contributed by atoms with Crippen LogP contribution in [0.15, 0.2) is 48.5 Å². The van der Waals surface area contributed by atoms with E-state index in [1.807, 2.05) is 18.2 Å². The number of hydrogen-bond acceptors (Lipinski definition) is 6. The predicted molar refractivity (Wildman–Crippen MR) is 163 cm³/mol. The molecule has 220 valence electrons. The summed E-state index contributed by atoms with van der Waals surface area (Å²) >= 11 is 0. The van der Waals surface area contributed by atoms with E-state index in [9.17, 15) is 9.90 Å². The van der Waals surface area contributed by atoms with Crippen LogP contribution < -0.4 is 9.64 Å². The fourth-order valence-corrected chi connectivity index (χ4v) is 7.57. The molecule has 1 N–H and O–H groups in total. The summed E-state index contributed by atoms with van der Waals surface area (Å²) in [5.41, 5.74) is 8.00. The Morgan fingerprint density at radius 2 is 1.93 bits per heavy atom. The van der Waals surface area contributed by atoms with Gasteiger partial charge in [-0.15, -0.1) is 0 Å². The van der Waals surface area contributed by atoms with Gasteiger partial charge in [0, 0.05) is 51.0 Å². The first-order valence-corrected chi connectivity index (χ1v) is 15.5. The molecule has 7 rings (SSSR count). The van der Waals surface area contributed by atoms with Crippen molar-refractivity contribution in [2.75, 3.05) is 37.7 Å². The van der Waals surface area contributed by atoms with Gasteiger partial charge in [-0.05, 0) is 97.9 Å². The largest absolute Gasteiger partial charge is 0.488 e. The summed E-state index contributed by atoms with van der Waals surface area (Å²) in [7, 11) is 0. The number of aromatic nitrogens is 1. The Hall–Kier alpha value is -3.42. The first-order chi connectivity index (χ1) is 20.4. The number of para-hydroxylation sites is 1. The SMILES string of the molecule is Cc1cccc(-c2cccc(N3CC[C@@]4(C(=O)O)C[C@H]4C3)n2)c1OCc1ccc2c(c1C)CCN(C1CCOCC1)C2. The van der Waals surface area contributed by atoms with Crippen molar-refractivity contribution in [2.45, 2.75) is 65.1 Å². The van der Waals surface area contributed by atoms with Gasteiger partial charge in [0.05, 0.1) is 11.1 Å². The van der Waals surface area contributed by atoms with E-state index in [0.717, 1.165) is 93.5 Å². The van der Waals surface area contributed by atoms with E-state index in [1.165, 1.54) is 22.3 Å². The topological polar surface area (TPSA) is 75.1 Å². The normalized spacial score (nSPS) is 24.1. The molecule has 2 aromatic carbocycles. The molecule has 0 bridgehead atoms. The third-order valence-corrected chi connectivity index (χ3v) is 10.4. The van der Waals surface area contributed by atoms with Gasteiger partial charge in [-0.3, -0.25) is 9.69 Å². The lowest BCUT2D eigenvalue weighted by Crippen LogP contribution is -2.42. The van der Waals surface area contributed by atoms with E-state index in [2.05, 4.69) is 54.0 Å². The van der Waals surface area contributed by atoms with E-state index in [-0.39, 0.29) is 5.92 Å². The Bertz CT molecular complexity index is 1500. The number of benzene rings is 2. The summed E-state index contributed by atoms with van der Waals surface area (Å²) in [6.07, 6.45) is 4.83. The highest BCUT2D eigenvalue weighted by atomic mass is 16.5. The summed E-state index contributed by atoms with van der Waals surface area (Å²) in [5, 5.41) is 9.66. The summed E-state index contributed by atoms with van der Waals surface area (Å²) in [5.74, 6) is 1.36. The molecule has 3 aromatic rings.